The molecule has 6 heteroatoms. The number of phenols is 1. The van der Waals surface area contributed by atoms with E-state index in [2.05, 4.69) is 0 Å². The fourth-order valence-corrected chi connectivity index (χ4v) is 1.32. The number of nitrogen functional groups attached to an aromatic ring is 1. The van der Waals surface area contributed by atoms with Gasteiger partial charge in [-0.3, -0.25) is 0 Å². The van der Waals surface area contributed by atoms with E-state index in [-0.39, 0.29) is 36.0 Å². The Bertz CT molecular complexity index is 419. The third-order valence-electron chi connectivity index (χ3n) is 2.17. The van der Waals surface area contributed by atoms with Crippen LogP contribution >= 0.6 is 0 Å². The number of methoxy groups -OCH3 is 1. The molecule has 0 fully saturated rings. The first kappa shape index (κ1) is 14.1. The van der Waals surface area contributed by atoms with E-state index in [4.69, 9.17) is 19.9 Å². The van der Waals surface area contributed by atoms with Crippen molar-refractivity contribution >= 4 is 11.7 Å². The van der Waals surface area contributed by atoms with E-state index in [1.807, 2.05) is 0 Å². The Labute approximate surface area is 105 Å². The number of phenolic OH excluding ortho intramolecular Hbond substituents is 1. The van der Waals surface area contributed by atoms with Gasteiger partial charge >= 0.3 is 5.97 Å². The van der Waals surface area contributed by atoms with Gasteiger partial charge in [0, 0.05) is 19.2 Å². The highest BCUT2D eigenvalue weighted by atomic mass is 16.5. The van der Waals surface area contributed by atoms with Crippen LogP contribution in [0.5, 0.6) is 11.5 Å². The summed E-state index contributed by atoms with van der Waals surface area (Å²) in [6.07, 6.45) is 0. The fraction of sp³-hybridized carbons (Fsp3) is 0.417. The number of aromatic hydroxyl groups is 1. The highest BCUT2D eigenvalue weighted by Gasteiger charge is 2.15. The molecule has 0 unspecified atom stereocenters. The molecular formula is C12H17NO5. The Kier molecular flexibility index (Phi) is 5.26. The highest BCUT2D eigenvalue weighted by molar-refractivity contribution is 5.96. The van der Waals surface area contributed by atoms with Crippen LogP contribution in [0.4, 0.5) is 5.69 Å². The molecular weight excluding hydrogens is 238 g/mol. The second kappa shape index (κ2) is 6.70. The molecule has 1 aromatic carbocycles. The van der Waals surface area contributed by atoms with Crippen molar-refractivity contribution in [2.24, 2.45) is 0 Å². The first-order valence-corrected chi connectivity index (χ1v) is 5.51. The van der Waals surface area contributed by atoms with Gasteiger partial charge in [0.2, 0.25) is 0 Å². The summed E-state index contributed by atoms with van der Waals surface area (Å²) in [6, 6.07) is 2.62. The van der Waals surface area contributed by atoms with Crippen molar-refractivity contribution in [2.75, 3.05) is 32.7 Å². The fourth-order valence-electron chi connectivity index (χ4n) is 1.32. The lowest BCUT2D eigenvalue weighted by atomic mass is 10.1. The van der Waals surface area contributed by atoms with E-state index in [1.54, 1.807) is 6.92 Å². The molecule has 0 radical (unpaired) electrons. The predicted molar refractivity (Wildman–Crippen MR) is 65.8 cm³/mol. The Hall–Kier alpha value is -1.95. The Morgan fingerprint density at radius 3 is 2.72 bits per heavy atom. The number of benzene rings is 1. The second-order valence-corrected chi connectivity index (χ2v) is 3.47. The van der Waals surface area contributed by atoms with Gasteiger partial charge in [-0.25, -0.2) is 4.79 Å². The Balaban J connectivity index is 2.91. The molecule has 0 spiro atoms. The molecule has 100 valence electrons. The first-order valence-electron chi connectivity index (χ1n) is 5.51. The number of hydrogen-bond acceptors (Lipinski definition) is 6. The number of anilines is 1. The lowest BCUT2D eigenvalue weighted by Crippen LogP contribution is -2.10. The largest absolute Gasteiger partial charge is 0.504 e. The number of ether oxygens (including phenoxy) is 3. The van der Waals surface area contributed by atoms with Crippen molar-refractivity contribution in [3.8, 4) is 11.5 Å². The van der Waals surface area contributed by atoms with Gasteiger partial charge in [0.1, 0.15) is 6.61 Å². The zero-order valence-corrected chi connectivity index (χ0v) is 10.4. The lowest BCUT2D eigenvalue weighted by Gasteiger charge is -2.11. The van der Waals surface area contributed by atoms with Gasteiger partial charge in [-0.1, -0.05) is 0 Å². The summed E-state index contributed by atoms with van der Waals surface area (Å²) in [7, 11) is 1.54. The topological polar surface area (TPSA) is 91.0 Å². The van der Waals surface area contributed by atoms with Gasteiger partial charge in [0.15, 0.2) is 11.5 Å². The van der Waals surface area contributed by atoms with Crippen molar-refractivity contribution in [1.82, 2.24) is 0 Å². The van der Waals surface area contributed by atoms with Gasteiger partial charge in [0.25, 0.3) is 0 Å². The number of rotatable bonds is 6. The van der Waals surface area contributed by atoms with Gasteiger partial charge < -0.3 is 25.1 Å². The van der Waals surface area contributed by atoms with Crippen molar-refractivity contribution in [3.63, 3.8) is 0 Å². The van der Waals surface area contributed by atoms with Gasteiger partial charge in [-0.2, -0.15) is 0 Å². The van der Waals surface area contributed by atoms with Gasteiger partial charge in [-0.05, 0) is 6.92 Å². The summed E-state index contributed by atoms with van der Waals surface area (Å²) in [4.78, 5) is 11.6. The third-order valence-corrected chi connectivity index (χ3v) is 2.17. The number of carbonyl (C=O) groups excluding carboxylic acids is 1. The average molecular weight is 255 g/mol. The molecule has 0 bridgehead atoms. The summed E-state index contributed by atoms with van der Waals surface area (Å²) in [6.45, 7) is 2.58. The zero-order chi connectivity index (χ0) is 13.5. The molecule has 0 aliphatic carbocycles. The van der Waals surface area contributed by atoms with E-state index < -0.39 is 5.97 Å². The third kappa shape index (κ3) is 3.53. The summed E-state index contributed by atoms with van der Waals surface area (Å²) in [5, 5.41) is 9.63. The van der Waals surface area contributed by atoms with Crippen molar-refractivity contribution in [2.45, 2.75) is 6.92 Å². The minimum absolute atomic E-state index is 0.128. The molecule has 0 aromatic heterocycles. The molecule has 0 amide bonds. The minimum Gasteiger partial charge on any atom is -0.504 e. The molecule has 0 heterocycles. The van der Waals surface area contributed by atoms with Crippen LogP contribution in [0.25, 0.3) is 0 Å². The van der Waals surface area contributed by atoms with Crippen LogP contribution in [0.2, 0.25) is 0 Å². The highest BCUT2D eigenvalue weighted by Crippen LogP contribution is 2.31. The van der Waals surface area contributed by atoms with Crippen LogP contribution in [0, 0.1) is 0 Å². The molecule has 0 saturated carbocycles. The smallest absolute Gasteiger partial charge is 0.340 e. The second-order valence-electron chi connectivity index (χ2n) is 3.47. The summed E-state index contributed by atoms with van der Waals surface area (Å²) in [5.41, 5.74) is 5.95. The molecule has 0 aliphatic heterocycles. The molecule has 1 aromatic rings. The summed E-state index contributed by atoms with van der Waals surface area (Å²) < 4.78 is 14.9. The Morgan fingerprint density at radius 1 is 1.39 bits per heavy atom. The van der Waals surface area contributed by atoms with Crippen molar-refractivity contribution < 1.29 is 24.1 Å². The lowest BCUT2D eigenvalue weighted by molar-refractivity contribution is 0.0527. The van der Waals surface area contributed by atoms with E-state index >= 15 is 0 Å². The number of carbonyl (C=O) groups is 1. The van der Waals surface area contributed by atoms with Crippen molar-refractivity contribution in [1.29, 1.82) is 0 Å². The number of hydrogen-bond donors (Lipinski definition) is 2. The number of esters is 1. The average Bonchev–Trinajstić information content (AvgIpc) is 2.32. The maximum atomic E-state index is 11.6. The van der Waals surface area contributed by atoms with Crippen LogP contribution in [0.15, 0.2) is 12.1 Å². The van der Waals surface area contributed by atoms with Crippen LogP contribution in [0.1, 0.15) is 17.3 Å². The summed E-state index contributed by atoms with van der Waals surface area (Å²) in [5.74, 6) is -0.507. The predicted octanol–water partition coefficient (Wildman–Crippen LogP) is 1.18. The minimum atomic E-state index is -0.549. The van der Waals surface area contributed by atoms with Crippen molar-refractivity contribution in [3.05, 3.63) is 17.7 Å². The molecule has 0 aliphatic rings. The van der Waals surface area contributed by atoms with E-state index in [1.165, 1.54) is 19.2 Å². The van der Waals surface area contributed by atoms with E-state index in [0.717, 1.165) is 0 Å². The molecule has 6 nitrogen and oxygen atoms in total. The maximum absolute atomic E-state index is 11.6. The SMILES string of the molecule is CCOC(=O)c1cc(OCCOC)c(O)cc1N. The van der Waals surface area contributed by atoms with Gasteiger partial charge in [0.05, 0.1) is 24.5 Å². The standard InChI is InChI=1S/C12H17NO5/c1-3-17-12(15)8-6-11(18-5-4-16-2)10(14)7-9(8)13/h6-7,14H,3-5,13H2,1-2H3. The number of nitrogens with two attached hydrogens (primary N) is 1. The molecule has 18 heavy (non-hydrogen) atoms. The summed E-state index contributed by atoms with van der Waals surface area (Å²) >= 11 is 0. The van der Waals surface area contributed by atoms with Crippen LogP contribution in [-0.2, 0) is 9.47 Å². The van der Waals surface area contributed by atoms with E-state index in [0.29, 0.717) is 6.61 Å². The van der Waals surface area contributed by atoms with Crippen LogP contribution < -0.4 is 10.5 Å². The van der Waals surface area contributed by atoms with Gasteiger partial charge in [-0.15, -0.1) is 0 Å². The van der Waals surface area contributed by atoms with Crippen LogP contribution in [-0.4, -0.2) is 38.0 Å². The molecule has 0 saturated heterocycles. The first-order chi connectivity index (χ1) is 8.60. The normalized spacial score (nSPS) is 10.1. The monoisotopic (exact) mass is 255 g/mol. The van der Waals surface area contributed by atoms with Crippen LogP contribution in [0.3, 0.4) is 0 Å². The quantitative estimate of drug-likeness (QED) is 0.450. The Morgan fingerprint density at radius 2 is 2.11 bits per heavy atom. The zero-order valence-electron chi connectivity index (χ0n) is 10.4. The maximum Gasteiger partial charge on any atom is 0.340 e. The molecule has 1 rings (SSSR count). The van der Waals surface area contributed by atoms with E-state index in [9.17, 15) is 9.90 Å². The molecule has 3 N–H and O–H groups in total. The molecule has 0 atom stereocenters.